The molecule has 0 spiro atoms. The first-order valence-electron chi connectivity index (χ1n) is 13.6. The van der Waals surface area contributed by atoms with Gasteiger partial charge < -0.3 is 24.2 Å². The van der Waals surface area contributed by atoms with Crippen LogP contribution in [0.15, 0.2) is 82.7 Å². The van der Waals surface area contributed by atoms with E-state index in [2.05, 4.69) is 34.1 Å². The van der Waals surface area contributed by atoms with Gasteiger partial charge >= 0.3 is 22.7 Å². The summed E-state index contributed by atoms with van der Waals surface area (Å²) in [6.45, 7) is 0. The van der Waals surface area contributed by atoms with Gasteiger partial charge in [0, 0.05) is 38.6 Å². The molecule has 20 heteroatoms. The molecule has 8 heterocycles. The smallest absolute Gasteiger partial charge is 0.423 e. The molecule has 4 N–H and O–H groups in total. The van der Waals surface area contributed by atoms with Gasteiger partial charge in [-0.2, -0.15) is 44.3 Å². The van der Waals surface area contributed by atoms with Crippen molar-refractivity contribution in [3.8, 4) is 17.1 Å². The number of alkyl halides is 3. The predicted octanol–water partition coefficient (Wildman–Crippen LogP) is 5.89. The number of halogens is 5. The fraction of sp³-hybridized carbons (Fsp3) is 0.0345. The molecular weight excluding hydrogens is 714 g/mol. The summed E-state index contributed by atoms with van der Waals surface area (Å²) in [6, 6.07) is 9.22. The van der Waals surface area contributed by atoms with E-state index in [0.29, 0.717) is 16.6 Å². The molecule has 0 atom stereocenters. The Balaban J connectivity index is 0.000000140. The molecule has 0 saturated heterocycles. The number of nitrogens with zero attached hydrogens (tertiary/aromatic N) is 4. The molecule has 250 valence electrons. The van der Waals surface area contributed by atoms with Crippen LogP contribution in [-0.2, 0) is 10.1 Å². The number of aromatic nitrogens is 6. The molecule has 0 aromatic carbocycles. The fourth-order valence-corrected chi connectivity index (χ4v) is 6.21. The second kappa shape index (κ2) is 13.5. The van der Waals surface area contributed by atoms with Crippen molar-refractivity contribution in [1.29, 1.82) is 0 Å². The Hall–Kier alpha value is -5.02. The number of rotatable bonds is 4. The second-order valence-electron chi connectivity index (χ2n) is 9.96. The van der Waals surface area contributed by atoms with Crippen LogP contribution in [0.25, 0.3) is 55.1 Å². The zero-order valence-corrected chi connectivity index (χ0v) is 26.6. The molecule has 0 aliphatic carbocycles. The molecule has 8 rings (SSSR count). The Morgan fingerprint density at radius 3 is 1.82 bits per heavy atom. The first-order chi connectivity index (χ1) is 23.3. The molecule has 0 aliphatic heterocycles. The first-order valence-corrected chi connectivity index (χ1v) is 16.9. The predicted molar refractivity (Wildman–Crippen MR) is 176 cm³/mol. The Kier molecular flexibility index (Phi) is 9.31. The maximum Gasteiger partial charge on any atom is 0.534 e. The van der Waals surface area contributed by atoms with Crippen LogP contribution in [0.1, 0.15) is 0 Å². The van der Waals surface area contributed by atoms with Crippen molar-refractivity contribution in [2.75, 3.05) is 0 Å². The molecule has 11 nitrogen and oxygen atoms in total. The van der Waals surface area contributed by atoms with Gasteiger partial charge in [0.25, 0.3) is 0 Å². The van der Waals surface area contributed by atoms with Crippen LogP contribution < -0.4 is 9.65 Å². The lowest BCUT2D eigenvalue weighted by Gasteiger charge is -2.08. The summed E-state index contributed by atoms with van der Waals surface area (Å²) in [7, 11) is -7.13. The molecule has 0 fully saturated rings. The van der Waals surface area contributed by atoms with E-state index in [4.69, 9.17) is 10.0 Å². The molecule has 0 bridgehead atoms. The van der Waals surface area contributed by atoms with Crippen molar-refractivity contribution >= 4 is 89.2 Å². The normalized spacial score (nSPS) is 11.7. The van der Waals surface area contributed by atoms with Gasteiger partial charge in [0.15, 0.2) is 0 Å². The van der Waals surface area contributed by atoms with Gasteiger partial charge in [0.2, 0.25) is 5.88 Å². The summed E-state index contributed by atoms with van der Waals surface area (Å²) >= 11 is 3.08. The van der Waals surface area contributed by atoms with Crippen LogP contribution in [0.3, 0.4) is 0 Å². The highest BCUT2D eigenvalue weighted by atomic mass is 32.2. The van der Waals surface area contributed by atoms with Crippen LogP contribution in [0.2, 0.25) is 0 Å². The van der Waals surface area contributed by atoms with E-state index in [0.717, 1.165) is 52.1 Å². The van der Waals surface area contributed by atoms with Crippen LogP contribution in [0, 0.1) is 11.6 Å². The lowest BCUT2D eigenvalue weighted by Crippen LogP contribution is -2.28. The number of thiophene rings is 2. The average molecular weight is 733 g/mol. The molecule has 0 unspecified atom stereocenters. The van der Waals surface area contributed by atoms with Gasteiger partial charge in [-0.25, -0.2) is 23.7 Å². The van der Waals surface area contributed by atoms with E-state index in [1.807, 2.05) is 22.9 Å². The minimum absolute atomic E-state index is 0.226. The Bertz CT molecular complexity index is 2510. The average Bonchev–Trinajstić information content (AvgIpc) is 3.87. The molecule has 8 aromatic heterocycles. The highest BCUT2D eigenvalue weighted by Gasteiger charge is 2.48. The molecule has 0 aliphatic rings. The molecule has 0 saturated carbocycles. The number of hydrogen-bond acceptors (Lipinski definition) is 11. The van der Waals surface area contributed by atoms with Crippen molar-refractivity contribution in [2.45, 2.75) is 5.51 Å². The zero-order valence-electron chi connectivity index (χ0n) is 24.2. The van der Waals surface area contributed by atoms with Crippen molar-refractivity contribution < 1.29 is 44.6 Å². The van der Waals surface area contributed by atoms with E-state index in [1.54, 1.807) is 34.4 Å². The highest BCUT2D eigenvalue weighted by molar-refractivity contribution is 7.87. The topological polar surface area (TPSA) is 167 Å². The first kappa shape index (κ1) is 33.9. The standard InChI is InChI=1S/C14H8FN3S.C11H5F4N3O3S.C4H5BO2S/c15-9-3-11-10-4-12(8-1-2-19-7-8)16-6-13(10)18-14(11)17-5-9;12-5-1-7-6-2-9(21-22(19,20)11(13,14)15)16-4-8(6)18-10(7)17-3-5;6-5(7)4-1-2-8-3-4/h1-7H,(H,17,18);1-4H,(H,17,18);1-3,6-7H. The Morgan fingerprint density at radius 1 is 0.735 bits per heavy atom. The third kappa shape index (κ3) is 7.37. The minimum Gasteiger partial charge on any atom is -0.423 e. The van der Waals surface area contributed by atoms with Gasteiger partial charge in [0.05, 0.1) is 41.5 Å². The van der Waals surface area contributed by atoms with Gasteiger partial charge in [0.1, 0.15) is 22.9 Å². The number of nitrogens with one attached hydrogen (secondary N) is 2. The number of pyridine rings is 4. The SMILES string of the molecule is Fc1cnc2[nH]c3cnc(-c4ccsc4)cc3c2c1.O=S(=O)(Oc1cc2c(cn1)[nH]c1ncc(F)cc12)C(F)(F)F.OB(O)c1ccsc1. The molecular formula is C29H18BF5N6O5S3. The quantitative estimate of drug-likeness (QED) is 0.0748. The highest BCUT2D eigenvalue weighted by Crippen LogP contribution is 2.31. The van der Waals surface area contributed by atoms with Gasteiger partial charge in [-0.3, -0.25) is 4.98 Å². The number of hydrogen-bond donors (Lipinski definition) is 4. The van der Waals surface area contributed by atoms with E-state index >= 15 is 0 Å². The van der Waals surface area contributed by atoms with Gasteiger partial charge in [-0.1, -0.05) is 6.07 Å². The maximum absolute atomic E-state index is 13.3. The van der Waals surface area contributed by atoms with Gasteiger partial charge in [-0.05, 0) is 45.9 Å². The lowest BCUT2D eigenvalue weighted by molar-refractivity contribution is -0.0501. The summed E-state index contributed by atoms with van der Waals surface area (Å²) < 4.78 is 89.2. The molecule has 0 radical (unpaired) electrons. The minimum atomic E-state index is -5.83. The number of H-pyrrole nitrogens is 2. The summed E-state index contributed by atoms with van der Waals surface area (Å²) in [6.07, 6.45) is 5.00. The number of aromatic amines is 2. The summed E-state index contributed by atoms with van der Waals surface area (Å²) in [4.78, 5) is 21.6. The maximum atomic E-state index is 13.3. The largest absolute Gasteiger partial charge is 0.534 e. The van der Waals surface area contributed by atoms with E-state index in [-0.39, 0.29) is 22.2 Å². The monoisotopic (exact) mass is 732 g/mol. The Morgan fingerprint density at radius 2 is 1.31 bits per heavy atom. The van der Waals surface area contributed by atoms with E-state index in [9.17, 15) is 30.4 Å². The van der Waals surface area contributed by atoms with Crippen LogP contribution in [0.5, 0.6) is 5.88 Å². The van der Waals surface area contributed by atoms with Crippen molar-refractivity contribution in [3.05, 3.63) is 94.3 Å². The van der Waals surface area contributed by atoms with Gasteiger partial charge in [-0.15, -0.1) is 0 Å². The number of fused-ring (bicyclic) bond motifs is 6. The molecule has 0 amide bonds. The second-order valence-corrected chi connectivity index (χ2v) is 13.1. The van der Waals surface area contributed by atoms with Crippen molar-refractivity contribution in [2.24, 2.45) is 0 Å². The van der Waals surface area contributed by atoms with Crippen LogP contribution in [0.4, 0.5) is 22.0 Å². The fourth-order valence-electron chi connectivity index (χ4n) is 4.48. The van der Waals surface area contributed by atoms with Crippen LogP contribution in [-0.4, -0.2) is 61.0 Å². The third-order valence-electron chi connectivity index (χ3n) is 6.71. The third-order valence-corrected chi connectivity index (χ3v) is 9.06. The summed E-state index contributed by atoms with van der Waals surface area (Å²) in [5.41, 5.74) is -0.886. The van der Waals surface area contributed by atoms with E-state index in [1.165, 1.54) is 23.6 Å². The zero-order chi connectivity index (χ0) is 34.9. The summed E-state index contributed by atoms with van der Waals surface area (Å²) in [5.74, 6) is -1.77. The van der Waals surface area contributed by atoms with Crippen molar-refractivity contribution in [1.82, 2.24) is 29.9 Å². The Labute approximate surface area is 280 Å². The van der Waals surface area contributed by atoms with Crippen LogP contribution >= 0.6 is 22.7 Å². The molecule has 8 aromatic rings. The lowest BCUT2D eigenvalue weighted by atomic mass is 9.83. The van der Waals surface area contributed by atoms with Crippen molar-refractivity contribution in [3.63, 3.8) is 0 Å². The summed E-state index contributed by atoms with van der Waals surface area (Å²) in [5, 5.41) is 26.7. The molecule has 49 heavy (non-hydrogen) atoms. The van der Waals surface area contributed by atoms with E-state index < -0.39 is 34.4 Å².